The van der Waals surface area contributed by atoms with Gasteiger partial charge in [0, 0.05) is 23.9 Å². The Labute approximate surface area is 94.1 Å². The Balaban J connectivity index is 2.53. The first-order chi connectivity index (χ1) is 6.74. The lowest BCUT2D eigenvalue weighted by Crippen LogP contribution is -2.35. The second-order valence-electron chi connectivity index (χ2n) is 3.29. The highest BCUT2D eigenvalue weighted by Gasteiger charge is 2.08. The summed E-state index contributed by atoms with van der Waals surface area (Å²) < 4.78 is 0. The van der Waals surface area contributed by atoms with Crippen LogP contribution in [0.3, 0.4) is 0 Å². The van der Waals surface area contributed by atoms with Crippen LogP contribution in [0.15, 0.2) is 11.6 Å². The maximum Gasteiger partial charge on any atom is 0.186 e. The molecule has 0 aliphatic carbocycles. The van der Waals surface area contributed by atoms with Crippen LogP contribution in [0.4, 0.5) is 5.13 Å². The van der Waals surface area contributed by atoms with Crippen molar-refractivity contribution < 1.29 is 0 Å². The number of thioether (sulfide) groups is 1. The van der Waals surface area contributed by atoms with Crippen molar-refractivity contribution >= 4 is 28.2 Å². The standard InChI is InChI=1S/C9H17N3S2/c1-11(2)8-12(5-7-13-3)9-10-4-6-14-9/h4,6H,5,7-8H2,1-3H3. The fourth-order valence-electron chi connectivity index (χ4n) is 1.14. The number of nitrogens with zero attached hydrogens (tertiary/aromatic N) is 3. The molecule has 0 aromatic carbocycles. The molecule has 1 aromatic heterocycles. The monoisotopic (exact) mass is 231 g/mol. The Bertz CT molecular complexity index is 236. The van der Waals surface area contributed by atoms with E-state index in [1.54, 1.807) is 11.3 Å². The van der Waals surface area contributed by atoms with Gasteiger partial charge in [0.25, 0.3) is 0 Å². The van der Waals surface area contributed by atoms with Crippen molar-refractivity contribution in [1.29, 1.82) is 0 Å². The van der Waals surface area contributed by atoms with Crippen molar-refractivity contribution in [3.63, 3.8) is 0 Å². The number of aromatic nitrogens is 1. The van der Waals surface area contributed by atoms with Crippen LogP contribution in [0.5, 0.6) is 0 Å². The summed E-state index contributed by atoms with van der Waals surface area (Å²) in [6, 6.07) is 0. The molecule has 0 saturated heterocycles. The lowest BCUT2D eigenvalue weighted by molar-refractivity contribution is 0.404. The molecule has 0 aliphatic heterocycles. The molecule has 0 atom stereocenters. The zero-order chi connectivity index (χ0) is 10.4. The third kappa shape index (κ3) is 3.86. The Morgan fingerprint density at radius 2 is 2.29 bits per heavy atom. The van der Waals surface area contributed by atoms with Crippen LogP contribution in [-0.2, 0) is 0 Å². The quantitative estimate of drug-likeness (QED) is 0.695. The van der Waals surface area contributed by atoms with Gasteiger partial charge < -0.3 is 4.90 Å². The largest absolute Gasteiger partial charge is 0.334 e. The van der Waals surface area contributed by atoms with Crippen LogP contribution in [0.25, 0.3) is 0 Å². The van der Waals surface area contributed by atoms with Crippen molar-refractivity contribution in [2.45, 2.75) is 0 Å². The molecular formula is C9H17N3S2. The minimum atomic E-state index is 0.939. The highest BCUT2D eigenvalue weighted by molar-refractivity contribution is 7.98. The Hall–Kier alpha value is -0.260. The van der Waals surface area contributed by atoms with Crippen molar-refractivity contribution in [1.82, 2.24) is 9.88 Å². The van der Waals surface area contributed by atoms with E-state index in [2.05, 4.69) is 35.1 Å². The van der Waals surface area contributed by atoms with Gasteiger partial charge in [-0.15, -0.1) is 11.3 Å². The first kappa shape index (κ1) is 11.8. The van der Waals surface area contributed by atoms with E-state index >= 15 is 0 Å². The minimum absolute atomic E-state index is 0.939. The maximum atomic E-state index is 4.33. The normalized spacial score (nSPS) is 10.9. The van der Waals surface area contributed by atoms with Crippen LogP contribution in [-0.4, -0.2) is 49.2 Å². The van der Waals surface area contributed by atoms with Gasteiger partial charge in [0.2, 0.25) is 0 Å². The summed E-state index contributed by atoms with van der Waals surface area (Å²) in [6.45, 7) is 2.00. The molecule has 3 nitrogen and oxygen atoms in total. The highest BCUT2D eigenvalue weighted by atomic mass is 32.2. The molecule has 1 aromatic rings. The van der Waals surface area contributed by atoms with Gasteiger partial charge in [-0.2, -0.15) is 11.8 Å². The maximum absolute atomic E-state index is 4.33. The highest BCUT2D eigenvalue weighted by Crippen LogP contribution is 2.17. The predicted molar refractivity (Wildman–Crippen MR) is 66.4 cm³/mol. The van der Waals surface area contributed by atoms with Crippen molar-refractivity contribution in [2.24, 2.45) is 0 Å². The van der Waals surface area contributed by atoms with Crippen molar-refractivity contribution in [3.05, 3.63) is 11.6 Å². The smallest absolute Gasteiger partial charge is 0.186 e. The number of anilines is 1. The summed E-state index contributed by atoms with van der Waals surface area (Å²) in [4.78, 5) is 8.81. The summed E-state index contributed by atoms with van der Waals surface area (Å²) in [5.41, 5.74) is 0. The van der Waals surface area contributed by atoms with Crippen LogP contribution < -0.4 is 4.90 Å². The first-order valence-electron chi connectivity index (χ1n) is 4.52. The fraction of sp³-hybridized carbons (Fsp3) is 0.667. The van der Waals surface area contributed by atoms with Gasteiger partial charge in [-0.3, -0.25) is 4.90 Å². The number of rotatable bonds is 6. The number of hydrogen-bond donors (Lipinski definition) is 0. The van der Waals surface area contributed by atoms with Gasteiger partial charge >= 0.3 is 0 Å². The van der Waals surface area contributed by atoms with E-state index in [-0.39, 0.29) is 0 Å². The average Bonchev–Trinajstić information content (AvgIpc) is 2.64. The number of hydrogen-bond acceptors (Lipinski definition) is 5. The Morgan fingerprint density at radius 3 is 2.79 bits per heavy atom. The summed E-state index contributed by atoms with van der Waals surface area (Å²) in [5, 5.41) is 3.14. The molecule has 5 heteroatoms. The molecule has 0 aliphatic rings. The molecule has 0 saturated carbocycles. The van der Waals surface area contributed by atoms with E-state index in [4.69, 9.17) is 0 Å². The molecule has 14 heavy (non-hydrogen) atoms. The minimum Gasteiger partial charge on any atom is -0.334 e. The molecule has 0 N–H and O–H groups in total. The van der Waals surface area contributed by atoms with E-state index in [0.717, 1.165) is 24.1 Å². The van der Waals surface area contributed by atoms with Gasteiger partial charge in [-0.25, -0.2) is 4.98 Å². The van der Waals surface area contributed by atoms with E-state index in [1.165, 1.54) is 0 Å². The van der Waals surface area contributed by atoms with E-state index in [1.807, 2.05) is 23.3 Å². The van der Waals surface area contributed by atoms with E-state index in [0.29, 0.717) is 0 Å². The van der Waals surface area contributed by atoms with E-state index < -0.39 is 0 Å². The lowest BCUT2D eigenvalue weighted by Gasteiger charge is -2.24. The second-order valence-corrected chi connectivity index (χ2v) is 5.15. The zero-order valence-electron chi connectivity index (χ0n) is 8.93. The third-order valence-electron chi connectivity index (χ3n) is 1.71. The van der Waals surface area contributed by atoms with Gasteiger partial charge in [0.15, 0.2) is 5.13 Å². The fourth-order valence-corrected chi connectivity index (χ4v) is 2.21. The number of thiazole rings is 1. The molecule has 0 unspecified atom stereocenters. The van der Waals surface area contributed by atoms with Gasteiger partial charge in [0.05, 0.1) is 6.67 Å². The molecule has 80 valence electrons. The SMILES string of the molecule is CSCCN(CN(C)C)c1nccs1. The molecule has 1 heterocycles. The van der Waals surface area contributed by atoms with Gasteiger partial charge in [0.1, 0.15) is 0 Å². The van der Waals surface area contributed by atoms with Gasteiger partial charge in [-0.1, -0.05) is 0 Å². The van der Waals surface area contributed by atoms with Crippen LogP contribution in [0.2, 0.25) is 0 Å². The Kier molecular flexibility index (Phi) is 5.29. The first-order valence-corrected chi connectivity index (χ1v) is 6.79. The van der Waals surface area contributed by atoms with Gasteiger partial charge in [-0.05, 0) is 20.4 Å². The van der Waals surface area contributed by atoms with Crippen molar-refractivity contribution in [3.8, 4) is 0 Å². The molecule has 0 spiro atoms. The molecular weight excluding hydrogens is 214 g/mol. The van der Waals surface area contributed by atoms with Crippen molar-refractivity contribution in [2.75, 3.05) is 44.2 Å². The summed E-state index contributed by atoms with van der Waals surface area (Å²) >= 11 is 3.57. The van der Waals surface area contributed by atoms with Crippen LogP contribution >= 0.6 is 23.1 Å². The summed E-state index contributed by atoms with van der Waals surface area (Å²) in [6.07, 6.45) is 4.00. The van der Waals surface area contributed by atoms with Crippen LogP contribution in [0, 0.1) is 0 Å². The van der Waals surface area contributed by atoms with E-state index in [9.17, 15) is 0 Å². The molecule has 0 amide bonds. The molecule has 0 bridgehead atoms. The average molecular weight is 231 g/mol. The zero-order valence-corrected chi connectivity index (χ0v) is 10.6. The second kappa shape index (κ2) is 6.27. The molecule has 0 radical (unpaired) electrons. The topological polar surface area (TPSA) is 19.4 Å². The molecule has 0 fully saturated rings. The molecule has 1 rings (SSSR count). The Morgan fingerprint density at radius 1 is 1.50 bits per heavy atom. The summed E-state index contributed by atoms with van der Waals surface area (Å²) in [5.74, 6) is 1.15. The third-order valence-corrected chi connectivity index (χ3v) is 3.13. The summed E-state index contributed by atoms with van der Waals surface area (Å²) in [7, 11) is 4.17. The lowest BCUT2D eigenvalue weighted by atomic mass is 10.6. The predicted octanol–water partition coefficient (Wildman–Crippen LogP) is 1.83. The van der Waals surface area contributed by atoms with Crippen LogP contribution in [0.1, 0.15) is 0 Å².